The number of hydrogen-bond acceptors (Lipinski definition) is 3. The first kappa shape index (κ1) is 13.5. The van der Waals surface area contributed by atoms with Gasteiger partial charge in [-0.05, 0) is 43.9 Å². The lowest BCUT2D eigenvalue weighted by Crippen LogP contribution is -2.34. The van der Waals surface area contributed by atoms with Crippen molar-refractivity contribution in [2.24, 2.45) is 17.8 Å². The third-order valence-corrected chi connectivity index (χ3v) is 3.50. The molecule has 0 aromatic rings. The Morgan fingerprint density at radius 2 is 1.88 bits per heavy atom. The highest BCUT2D eigenvalue weighted by molar-refractivity contribution is 5.73. The van der Waals surface area contributed by atoms with Gasteiger partial charge in [-0.15, -0.1) is 0 Å². The molecule has 0 amide bonds. The smallest absolute Gasteiger partial charge is 0.334 e. The maximum absolute atomic E-state index is 11.3. The minimum atomic E-state index is -1.00. The summed E-state index contributed by atoms with van der Waals surface area (Å²) in [6.45, 7) is 8.10. The summed E-state index contributed by atoms with van der Waals surface area (Å²) < 4.78 is 5.31. The van der Waals surface area contributed by atoms with Crippen LogP contribution in [0, 0.1) is 17.8 Å². The number of esters is 1. The van der Waals surface area contributed by atoms with Gasteiger partial charge in [-0.25, -0.2) is 4.79 Å². The maximum Gasteiger partial charge on any atom is 0.334 e. The molecule has 4 atom stereocenters. The third kappa shape index (κ3) is 3.78. The Morgan fingerprint density at radius 3 is 2.38 bits per heavy atom. The average Bonchev–Trinajstić information content (AvgIpc) is 2.16. The van der Waals surface area contributed by atoms with E-state index in [-0.39, 0.29) is 6.10 Å². The first-order valence-electron chi connectivity index (χ1n) is 6.28. The van der Waals surface area contributed by atoms with Gasteiger partial charge < -0.3 is 9.84 Å². The van der Waals surface area contributed by atoms with E-state index in [0.717, 1.165) is 12.8 Å². The van der Waals surface area contributed by atoms with Gasteiger partial charge in [0.1, 0.15) is 12.2 Å². The number of aliphatic hydroxyl groups excluding tert-OH is 1. The van der Waals surface area contributed by atoms with Crippen molar-refractivity contribution in [3.63, 3.8) is 0 Å². The maximum atomic E-state index is 11.3. The molecule has 0 spiro atoms. The van der Waals surface area contributed by atoms with Crippen LogP contribution in [0.25, 0.3) is 0 Å². The Hall–Kier alpha value is -0.570. The van der Waals surface area contributed by atoms with Crippen LogP contribution in [0.1, 0.15) is 47.0 Å². The minimum absolute atomic E-state index is 0.00162. The summed E-state index contributed by atoms with van der Waals surface area (Å²) in [4.78, 5) is 11.3. The van der Waals surface area contributed by atoms with Crippen molar-refractivity contribution in [3.8, 4) is 0 Å². The predicted octanol–water partition coefficient (Wildman–Crippen LogP) is 2.37. The lowest BCUT2D eigenvalue weighted by Gasteiger charge is -2.35. The summed E-state index contributed by atoms with van der Waals surface area (Å²) in [5.74, 6) is 1.39. The second-order valence-corrected chi connectivity index (χ2v) is 5.55. The molecule has 0 aromatic heterocycles. The third-order valence-electron chi connectivity index (χ3n) is 3.50. The second kappa shape index (κ2) is 5.67. The number of hydrogen-bond donors (Lipinski definition) is 1. The van der Waals surface area contributed by atoms with Crippen LogP contribution < -0.4 is 0 Å². The molecule has 0 aliphatic heterocycles. The summed E-state index contributed by atoms with van der Waals surface area (Å²) in [5, 5.41) is 9.12. The zero-order valence-electron chi connectivity index (χ0n) is 10.8. The SMILES string of the molecule is CC1CC(OC(=O)C(C)O)CC(C(C)C)C1. The van der Waals surface area contributed by atoms with E-state index in [2.05, 4.69) is 20.8 Å². The van der Waals surface area contributed by atoms with Crippen LogP contribution in [-0.4, -0.2) is 23.3 Å². The Bertz CT molecular complexity index is 235. The Labute approximate surface area is 98.2 Å². The number of carbonyl (C=O) groups excluding carboxylic acids is 1. The first-order chi connectivity index (χ1) is 7.40. The minimum Gasteiger partial charge on any atom is -0.460 e. The normalized spacial score (nSPS) is 32.5. The van der Waals surface area contributed by atoms with Crippen LogP contribution in [0.5, 0.6) is 0 Å². The van der Waals surface area contributed by atoms with Crippen molar-refractivity contribution < 1.29 is 14.6 Å². The van der Waals surface area contributed by atoms with Gasteiger partial charge in [0, 0.05) is 0 Å². The first-order valence-corrected chi connectivity index (χ1v) is 6.28. The Morgan fingerprint density at radius 1 is 1.25 bits per heavy atom. The zero-order valence-corrected chi connectivity index (χ0v) is 10.8. The van der Waals surface area contributed by atoms with Gasteiger partial charge in [-0.1, -0.05) is 20.8 Å². The van der Waals surface area contributed by atoms with E-state index in [1.807, 2.05) is 0 Å². The van der Waals surface area contributed by atoms with Crippen molar-refractivity contribution in [1.29, 1.82) is 0 Å². The highest BCUT2D eigenvalue weighted by atomic mass is 16.6. The van der Waals surface area contributed by atoms with Crippen molar-refractivity contribution >= 4 is 5.97 Å². The fourth-order valence-corrected chi connectivity index (χ4v) is 2.50. The summed E-state index contributed by atoms with van der Waals surface area (Å²) in [6, 6.07) is 0. The molecule has 0 saturated heterocycles. The molecule has 1 aliphatic rings. The number of rotatable bonds is 3. The van der Waals surface area contributed by atoms with E-state index < -0.39 is 12.1 Å². The van der Waals surface area contributed by atoms with Gasteiger partial charge in [-0.3, -0.25) is 0 Å². The zero-order chi connectivity index (χ0) is 12.3. The monoisotopic (exact) mass is 228 g/mol. The largest absolute Gasteiger partial charge is 0.460 e. The van der Waals surface area contributed by atoms with E-state index in [0.29, 0.717) is 17.8 Å². The molecular weight excluding hydrogens is 204 g/mol. The van der Waals surface area contributed by atoms with Crippen molar-refractivity contribution in [3.05, 3.63) is 0 Å². The van der Waals surface area contributed by atoms with Gasteiger partial charge in [0.25, 0.3) is 0 Å². The molecule has 94 valence electrons. The van der Waals surface area contributed by atoms with Gasteiger partial charge in [0.15, 0.2) is 0 Å². The topological polar surface area (TPSA) is 46.5 Å². The molecule has 1 rings (SSSR count). The molecular formula is C13H24O3. The summed E-state index contributed by atoms with van der Waals surface area (Å²) in [5.41, 5.74) is 0. The molecule has 16 heavy (non-hydrogen) atoms. The molecule has 3 heteroatoms. The quantitative estimate of drug-likeness (QED) is 0.754. The predicted molar refractivity (Wildman–Crippen MR) is 62.9 cm³/mol. The van der Waals surface area contributed by atoms with Crippen LogP contribution in [0.3, 0.4) is 0 Å². The van der Waals surface area contributed by atoms with Gasteiger partial charge in [0.05, 0.1) is 0 Å². The van der Waals surface area contributed by atoms with E-state index in [1.54, 1.807) is 0 Å². The summed E-state index contributed by atoms with van der Waals surface area (Å²) in [6.07, 6.45) is 2.09. The van der Waals surface area contributed by atoms with Crippen LogP contribution in [-0.2, 0) is 9.53 Å². The summed E-state index contributed by atoms with van der Waals surface area (Å²) >= 11 is 0. The fourth-order valence-electron chi connectivity index (χ4n) is 2.50. The molecule has 0 heterocycles. The van der Waals surface area contributed by atoms with E-state index in [9.17, 15) is 4.79 Å². The average molecular weight is 228 g/mol. The van der Waals surface area contributed by atoms with E-state index in [1.165, 1.54) is 13.3 Å². The molecule has 1 saturated carbocycles. The standard InChI is InChI=1S/C13H24O3/c1-8(2)11-5-9(3)6-12(7-11)16-13(15)10(4)14/h8-12,14H,5-7H2,1-4H3. The van der Waals surface area contributed by atoms with Gasteiger partial charge in [0.2, 0.25) is 0 Å². The molecule has 3 nitrogen and oxygen atoms in total. The van der Waals surface area contributed by atoms with Crippen LogP contribution in [0.2, 0.25) is 0 Å². The number of ether oxygens (including phenoxy) is 1. The van der Waals surface area contributed by atoms with Crippen molar-refractivity contribution in [2.45, 2.75) is 59.2 Å². The number of carbonyl (C=O) groups is 1. The lowest BCUT2D eigenvalue weighted by atomic mass is 9.75. The molecule has 0 radical (unpaired) electrons. The molecule has 4 unspecified atom stereocenters. The Balaban J connectivity index is 2.51. The van der Waals surface area contributed by atoms with E-state index in [4.69, 9.17) is 9.84 Å². The molecule has 0 aromatic carbocycles. The van der Waals surface area contributed by atoms with Gasteiger partial charge in [-0.2, -0.15) is 0 Å². The second-order valence-electron chi connectivity index (χ2n) is 5.55. The number of aliphatic hydroxyl groups is 1. The molecule has 0 bridgehead atoms. The molecule has 1 fully saturated rings. The molecule has 1 N–H and O–H groups in total. The summed E-state index contributed by atoms with van der Waals surface area (Å²) in [7, 11) is 0. The van der Waals surface area contributed by atoms with Crippen molar-refractivity contribution in [1.82, 2.24) is 0 Å². The van der Waals surface area contributed by atoms with Gasteiger partial charge >= 0.3 is 5.97 Å². The highest BCUT2D eigenvalue weighted by Gasteiger charge is 2.31. The molecule has 1 aliphatic carbocycles. The van der Waals surface area contributed by atoms with Crippen LogP contribution in [0.4, 0.5) is 0 Å². The highest BCUT2D eigenvalue weighted by Crippen LogP contribution is 2.35. The fraction of sp³-hybridized carbons (Fsp3) is 0.923. The van der Waals surface area contributed by atoms with Crippen LogP contribution >= 0.6 is 0 Å². The Kier molecular flexibility index (Phi) is 4.78. The van der Waals surface area contributed by atoms with Crippen molar-refractivity contribution in [2.75, 3.05) is 0 Å². The van der Waals surface area contributed by atoms with Crippen LogP contribution in [0.15, 0.2) is 0 Å². The lowest BCUT2D eigenvalue weighted by molar-refractivity contribution is -0.161. The van der Waals surface area contributed by atoms with E-state index >= 15 is 0 Å².